The first kappa shape index (κ1) is 16.8. The Balaban J connectivity index is 1.53. The van der Waals surface area contributed by atoms with E-state index in [4.69, 9.17) is 5.21 Å². The molecule has 0 fully saturated rings. The Hall–Kier alpha value is -3.02. The maximum Gasteiger partial charge on any atom is 0.134 e. The van der Waals surface area contributed by atoms with Crippen LogP contribution in [-0.2, 0) is 6.42 Å². The summed E-state index contributed by atoms with van der Waals surface area (Å²) in [5.41, 5.74) is 3.01. The van der Waals surface area contributed by atoms with Crippen LogP contribution in [0.25, 0.3) is 10.9 Å². The molecule has 1 aromatic carbocycles. The van der Waals surface area contributed by atoms with Gasteiger partial charge < -0.3 is 10.5 Å². The van der Waals surface area contributed by atoms with Gasteiger partial charge in [0.2, 0.25) is 0 Å². The molecule has 5 nitrogen and oxygen atoms in total. The Bertz CT molecular complexity index is 877. The number of benzene rings is 1. The van der Waals surface area contributed by atoms with Crippen molar-refractivity contribution in [2.24, 2.45) is 5.16 Å². The topological polar surface area (TPSA) is 70.4 Å². The van der Waals surface area contributed by atoms with Crippen LogP contribution in [-0.4, -0.2) is 27.9 Å². The van der Waals surface area contributed by atoms with Crippen molar-refractivity contribution in [3.63, 3.8) is 0 Å². The fraction of sp³-hybridized carbons (Fsp3) is 0.211. The van der Waals surface area contributed by atoms with E-state index in [2.05, 4.69) is 20.4 Å². The zero-order valence-electron chi connectivity index (χ0n) is 13.7. The predicted molar refractivity (Wildman–Crippen MR) is 96.7 cm³/mol. The molecule has 0 amide bonds. The van der Waals surface area contributed by atoms with Gasteiger partial charge in [-0.1, -0.05) is 17.3 Å². The number of fused-ring (bicyclic) bond motifs is 1. The van der Waals surface area contributed by atoms with Gasteiger partial charge in [0, 0.05) is 24.1 Å². The van der Waals surface area contributed by atoms with Gasteiger partial charge in [0.05, 0.1) is 22.8 Å². The maximum atomic E-state index is 14.0. The monoisotopic (exact) mass is 338 g/mol. The Morgan fingerprint density at radius 2 is 2.00 bits per heavy atom. The number of nitrogens with one attached hydrogen (secondary N) is 1. The fourth-order valence-corrected chi connectivity index (χ4v) is 2.73. The molecule has 25 heavy (non-hydrogen) atoms. The van der Waals surface area contributed by atoms with Crippen LogP contribution in [0.4, 0.5) is 10.1 Å². The van der Waals surface area contributed by atoms with Crippen molar-refractivity contribution in [1.82, 2.24) is 9.97 Å². The summed E-state index contributed by atoms with van der Waals surface area (Å²) >= 11 is 0. The molecule has 0 aliphatic heterocycles. The number of oxime groups is 1. The van der Waals surface area contributed by atoms with Gasteiger partial charge in [-0.05, 0) is 49.6 Å². The largest absolute Gasteiger partial charge is 0.411 e. The highest BCUT2D eigenvalue weighted by atomic mass is 19.1. The average molecular weight is 338 g/mol. The summed E-state index contributed by atoms with van der Waals surface area (Å²) in [6, 6.07) is 12.3. The van der Waals surface area contributed by atoms with E-state index >= 15 is 0 Å². The number of anilines is 1. The fourth-order valence-electron chi connectivity index (χ4n) is 2.73. The average Bonchev–Trinajstić information content (AvgIpc) is 2.62. The van der Waals surface area contributed by atoms with E-state index in [-0.39, 0.29) is 5.82 Å². The highest BCUT2D eigenvalue weighted by Crippen LogP contribution is 2.24. The van der Waals surface area contributed by atoms with Crippen molar-refractivity contribution in [3.8, 4) is 0 Å². The molecule has 128 valence electrons. The third-order valence-electron chi connectivity index (χ3n) is 3.91. The number of unbranched alkanes of at least 4 members (excludes halogenated alkanes) is 1. The Kier molecular flexibility index (Phi) is 5.51. The number of rotatable bonds is 7. The molecule has 6 heteroatoms. The number of halogens is 1. The van der Waals surface area contributed by atoms with Crippen molar-refractivity contribution in [2.45, 2.75) is 19.3 Å². The van der Waals surface area contributed by atoms with Gasteiger partial charge in [-0.15, -0.1) is 0 Å². The van der Waals surface area contributed by atoms with Crippen LogP contribution in [0.2, 0.25) is 0 Å². The molecule has 0 saturated carbocycles. The molecule has 2 aromatic heterocycles. The number of pyridine rings is 2. The van der Waals surface area contributed by atoms with Gasteiger partial charge in [0.25, 0.3) is 0 Å². The van der Waals surface area contributed by atoms with Crippen LogP contribution in [0.15, 0.2) is 53.8 Å². The highest BCUT2D eigenvalue weighted by Gasteiger charge is 2.06. The van der Waals surface area contributed by atoms with Crippen molar-refractivity contribution < 1.29 is 9.60 Å². The number of hydrogen-bond donors (Lipinski definition) is 2. The van der Waals surface area contributed by atoms with Crippen LogP contribution >= 0.6 is 0 Å². The molecular weight excluding hydrogens is 319 g/mol. The van der Waals surface area contributed by atoms with Crippen molar-refractivity contribution >= 4 is 22.8 Å². The van der Waals surface area contributed by atoms with Gasteiger partial charge in [0.1, 0.15) is 5.82 Å². The summed E-state index contributed by atoms with van der Waals surface area (Å²) in [5, 5.41) is 15.4. The second kappa shape index (κ2) is 8.19. The normalized spacial score (nSPS) is 11.2. The molecule has 2 heterocycles. The third-order valence-corrected chi connectivity index (χ3v) is 3.91. The van der Waals surface area contributed by atoms with Crippen LogP contribution in [0.5, 0.6) is 0 Å². The molecular formula is C19H19FN4O. The number of aryl methyl sites for hydroxylation is 1. The van der Waals surface area contributed by atoms with E-state index in [1.54, 1.807) is 30.5 Å². The number of nitrogens with zero attached hydrogens (tertiary/aromatic N) is 3. The van der Waals surface area contributed by atoms with Crippen LogP contribution in [0.3, 0.4) is 0 Å². The molecule has 3 aromatic rings. The zero-order valence-corrected chi connectivity index (χ0v) is 13.7. The lowest BCUT2D eigenvalue weighted by molar-refractivity contribution is 0.321. The molecule has 0 unspecified atom stereocenters. The highest BCUT2D eigenvalue weighted by molar-refractivity contribution is 5.91. The standard InChI is InChI=1S/C19H19FN4O/c20-16-8-4-9-17-19(16)18(10-12-22-17)21-11-2-1-5-14-6-3-7-15(24-14)13-23-25/h3-4,6-10,12-13,25H,1-2,5,11H2,(H,21,22)/b23-13+. The summed E-state index contributed by atoms with van der Waals surface area (Å²) in [6.45, 7) is 0.741. The van der Waals surface area contributed by atoms with Crippen LogP contribution in [0.1, 0.15) is 24.2 Å². The van der Waals surface area contributed by atoms with Crippen LogP contribution < -0.4 is 5.32 Å². The van der Waals surface area contributed by atoms with Crippen molar-refractivity contribution in [2.75, 3.05) is 11.9 Å². The summed E-state index contributed by atoms with van der Waals surface area (Å²) in [4.78, 5) is 8.58. The SMILES string of the molecule is O/N=C/c1cccc(CCCCNc2ccnc3cccc(F)c23)n1. The maximum absolute atomic E-state index is 14.0. The van der Waals surface area contributed by atoms with Gasteiger partial charge >= 0.3 is 0 Å². The molecule has 0 spiro atoms. The first-order valence-electron chi connectivity index (χ1n) is 8.18. The Morgan fingerprint density at radius 3 is 2.88 bits per heavy atom. The summed E-state index contributed by atoms with van der Waals surface area (Å²) in [6.07, 6.45) is 5.71. The zero-order chi connectivity index (χ0) is 17.5. The third kappa shape index (κ3) is 4.29. The van der Waals surface area contributed by atoms with Gasteiger partial charge in [0.15, 0.2) is 0 Å². The molecule has 3 rings (SSSR count). The van der Waals surface area contributed by atoms with E-state index in [0.29, 0.717) is 16.6 Å². The molecule has 0 atom stereocenters. The van der Waals surface area contributed by atoms with E-state index in [9.17, 15) is 4.39 Å². The lowest BCUT2D eigenvalue weighted by Gasteiger charge is -2.10. The quantitative estimate of drug-likeness (QED) is 0.295. The Morgan fingerprint density at radius 1 is 1.12 bits per heavy atom. The van der Waals surface area contributed by atoms with Gasteiger partial charge in [-0.25, -0.2) is 4.39 Å². The molecule has 0 radical (unpaired) electrons. The van der Waals surface area contributed by atoms with Crippen molar-refractivity contribution in [3.05, 3.63) is 65.9 Å². The van der Waals surface area contributed by atoms with Crippen molar-refractivity contribution in [1.29, 1.82) is 0 Å². The lowest BCUT2D eigenvalue weighted by atomic mass is 10.1. The molecule has 0 aliphatic carbocycles. The van der Waals surface area contributed by atoms with E-state index in [1.165, 1.54) is 12.3 Å². The predicted octanol–water partition coefficient (Wildman–Crippen LogP) is 4.01. The minimum Gasteiger partial charge on any atom is -0.411 e. The summed E-state index contributed by atoms with van der Waals surface area (Å²) in [5.74, 6) is -0.264. The van der Waals surface area contributed by atoms with Gasteiger partial charge in [-0.2, -0.15) is 0 Å². The minimum atomic E-state index is -0.264. The number of aromatic nitrogens is 2. The first-order chi connectivity index (χ1) is 12.3. The first-order valence-corrected chi connectivity index (χ1v) is 8.18. The van der Waals surface area contributed by atoms with Crippen LogP contribution in [0, 0.1) is 5.82 Å². The minimum absolute atomic E-state index is 0.264. The molecule has 0 aliphatic rings. The Labute approximate surface area is 145 Å². The van der Waals surface area contributed by atoms with Gasteiger partial charge in [-0.3, -0.25) is 9.97 Å². The molecule has 2 N–H and O–H groups in total. The number of hydrogen-bond acceptors (Lipinski definition) is 5. The summed E-state index contributed by atoms with van der Waals surface area (Å²) < 4.78 is 14.0. The second-order valence-corrected chi connectivity index (χ2v) is 5.67. The molecule has 0 saturated heterocycles. The van der Waals surface area contributed by atoms with E-state index in [1.807, 2.05) is 12.1 Å². The summed E-state index contributed by atoms with van der Waals surface area (Å²) in [7, 11) is 0. The lowest BCUT2D eigenvalue weighted by Crippen LogP contribution is -2.04. The molecule has 0 bridgehead atoms. The van der Waals surface area contributed by atoms with E-state index in [0.717, 1.165) is 37.2 Å². The second-order valence-electron chi connectivity index (χ2n) is 5.67. The van der Waals surface area contributed by atoms with E-state index < -0.39 is 0 Å². The smallest absolute Gasteiger partial charge is 0.134 e.